The normalized spacial score (nSPS) is 15.8. The molecule has 15 heavy (non-hydrogen) atoms. The van der Waals surface area contributed by atoms with Gasteiger partial charge in [0, 0.05) is 10.5 Å². The molecule has 1 heterocycles. The molecule has 1 aliphatic heterocycles. The molecule has 0 unspecified atom stereocenters. The minimum atomic E-state index is -0.396. The lowest BCUT2D eigenvalue weighted by atomic mass is 10.2. The smallest absolute Gasteiger partial charge is 0.293 e. The molecule has 0 saturated carbocycles. The maximum Gasteiger partial charge on any atom is 0.293 e. The van der Waals surface area contributed by atoms with E-state index < -0.39 is 4.92 Å². The monoisotopic (exact) mass is 272 g/mol. The topological polar surface area (TPSA) is 64.4 Å². The summed E-state index contributed by atoms with van der Waals surface area (Å²) >= 11 is 3.20. The summed E-state index contributed by atoms with van der Waals surface area (Å²) in [4.78, 5) is 10.4. The zero-order chi connectivity index (χ0) is 10.8. The van der Waals surface area contributed by atoms with Crippen LogP contribution in [-0.4, -0.2) is 24.2 Å². The predicted octanol–water partition coefficient (Wildman–Crippen LogP) is 2.17. The van der Waals surface area contributed by atoms with Gasteiger partial charge in [-0.05, 0) is 12.1 Å². The van der Waals surface area contributed by atoms with Crippen molar-refractivity contribution in [2.24, 2.45) is 0 Å². The highest BCUT2D eigenvalue weighted by Gasteiger charge is 2.22. The first-order valence-corrected chi connectivity index (χ1v) is 5.24. The third-order valence-corrected chi connectivity index (χ3v) is 2.65. The fraction of sp³-hybridized carbons (Fsp3) is 0.333. The molecule has 1 fully saturated rings. The molecule has 0 amide bonds. The molecule has 1 N–H and O–H groups in total. The molecule has 80 valence electrons. The Morgan fingerprint density at radius 3 is 2.80 bits per heavy atom. The second-order valence-electron chi connectivity index (χ2n) is 3.30. The van der Waals surface area contributed by atoms with Crippen LogP contribution >= 0.6 is 15.9 Å². The van der Waals surface area contributed by atoms with Gasteiger partial charge in [-0.15, -0.1) is 0 Å². The molecule has 1 aromatic carbocycles. The van der Waals surface area contributed by atoms with E-state index in [2.05, 4.69) is 21.2 Å². The van der Waals surface area contributed by atoms with Gasteiger partial charge >= 0.3 is 0 Å². The fourth-order valence-electron chi connectivity index (χ4n) is 1.32. The summed E-state index contributed by atoms with van der Waals surface area (Å²) in [5.74, 6) is 0. The van der Waals surface area contributed by atoms with Crippen molar-refractivity contribution in [3.8, 4) is 0 Å². The second kappa shape index (κ2) is 4.16. The summed E-state index contributed by atoms with van der Waals surface area (Å²) in [7, 11) is 0. The van der Waals surface area contributed by atoms with E-state index >= 15 is 0 Å². The summed E-state index contributed by atoms with van der Waals surface area (Å²) < 4.78 is 5.69. The predicted molar refractivity (Wildman–Crippen MR) is 59.0 cm³/mol. The zero-order valence-corrected chi connectivity index (χ0v) is 9.36. The van der Waals surface area contributed by atoms with E-state index in [0.29, 0.717) is 23.4 Å². The third-order valence-electron chi connectivity index (χ3n) is 2.15. The zero-order valence-electron chi connectivity index (χ0n) is 7.77. The van der Waals surface area contributed by atoms with Crippen molar-refractivity contribution < 1.29 is 9.66 Å². The summed E-state index contributed by atoms with van der Waals surface area (Å²) in [5.41, 5.74) is 0.618. The number of nitrogens with one attached hydrogen (secondary N) is 1. The minimum absolute atomic E-state index is 0.0799. The second-order valence-corrected chi connectivity index (χ2v) is 4.21. The van der Waals surface area contributed by atoms with E-state index in [1.807, 2.05) is 0 Å². The van der Waals surface area contributed by atoms with Crippen LogP contribution in [0, 0.1) is 10.1 Å². The van der Waals surface area contributed by atoms with Crippen LogP contribution < -0.4 is 5.32 Å². The van der Waals surface area contributed by atoms with Gasteiger partial charge in [-0.25, -0.2) is 0 Å². The average Bonchev–Trinajstić information content (AvgIpc) is 2.12. The molecule has 2 rings (SSSR count). The van der Waals surface area contributed by atoms with Crippen molar-refractivity contribution in [3.63, 3.8) is 0 Å². The van der Waals surface area contributed by atoms with Crippen LogP contribution in [-0.2, 0) is 4.74 Å². The first-order chi connectivity index (χ1) is 7.16. The van der Waals surface area contributed by atoms with Crippen LogP contribution in [0.25, 0.3) is 0 Å². The average molecular weight is 273 g/mol. The molecular weight excluding hydrogens is 264 g/mol. The third kappa shape index (κ3) is 2.27. The molecule has 5 nitrogen and oxygen atoms in total. The van der Waals surface area contributed by atoms with Crippen LogP contribution in [0.15, 0.2) is 22.7 Å². The van der Waals surface area contributed by atoms with E-state index in [9.17, 15) is 10.1 Å². The van der Waals surface area contributed by atoms with Gasteiger partial charge in [0.05, 0.1) is 24.2 Å². The van der Waals surface area contributed by atoms with E-state index in [0.717, 1.165) is 0 Å². The molecule has 1 aromatic rings. The van der Waals surface area contributed by atoms with E-state index in [1.54, 1.807) is 12.1 Å². The highest BCUT2D eigenvalue weighted by Crippen LogP contribution is 2.29. The lowest BCUT2D eigenvalue weighted by Crippen LogP contribution is -2.40. The molecule has 0 atom stereocenters. The molecule has 0 aromatic heterocycles. The number of nitrogens with zero attached hydrogens (tertiary/aromatic N) is 1. The lowest BCUT2D eigenvalue weighted by Gasteiger charge is -2.27. The first kappa shape index (κ1) is 10.4. The van der Waals surface area contributed by atoms with Gasteiger partial charge < -0.3 is 10.1 Å². The van der Waals surface area contributed by atoms with Crippen LogP contribution in [0.1, 0.15) is 0 Å². The quantitative estimate of drug-likeness (QED) is 0.677. The van der Waals surface area contributed by atoms with Gasteiger partial charge in [0.15, 0.2) is 0 Å². The number of ether oxygens (including phenoxy) is 1. The summed E-state index contributed by atoms with van der Waals surface area (Å²) in [6, 6.07) is 5.14. The van der Waals surface area contributed by atoms with Crippen LogP contribution in [0.5, 0.6) is 0 Å². The van der Waals surface area contributed by atoms with E-state index in [4.69, 9.17) is 4.74 Å². The number of nitro groups is 1. The molecule has 1 saturated heterocycles. The Labute approximate surface area is 94.7 Å². The molecule has 0 bridgehead atoms. The fourth-order valence-corrected chi connectivity index (χ4v) is 1.67. The summed E-state index contributed by atoms with van der Waals surface area (Å²) in [6.45, 7) is 1.21. The Bertz CT molecular complexity index is 393. The molecule has 6 heteroatoms. The number of nitro benzene ring substituents is 1. The highest BCUT2D eigenvalue weighted by molar-refractivity contribution is 9.10. The molecule has 0 radical (unpaired) electrons. The van der Waals surface area contributed by atoms with Crippen molar-refractivity contribution in [1.82, 2.24) is 0 Å². The van der Waals surface area contributed by atoms with Crippen LogP contribution in [0.3, 0.4) is 0 Å². The number of benzene rings is 1. The van der Waals surface area contributed by atoms with Gasteiger partial charge in [-0.1, -0.05) is 15.9 Å². The highest BCUT2D eigenvalue weighted by atomic mass is 79.9. The standard InChI is InChI=1S/C9H9BrN2O3/c10-6-1-2-8(9(3-6)12(13)14)11-7-4-15-5-7/h1-3,7,11H,4-5H2. The largest absolute Gasteiger partial charge is 0.377 e. The van der Waals surface area contributed by atoms with E-state index in [-0.39, 0.29) is 11.7 Å². The number of halogens is 1. The molecule has 0 aliphatic carbocycles. The van der Waals surface area contributed by atoms with Crippen LogP contribution in [0.2, 0.25) is 0 Å². The Morgan fingerprint density at radius 1 is 1.53 bits per heavy atom. The summed E-state index contributed by atoms with van der Waals surface area (Å²) in [6.07, 6.45) is 0. The van der Waals surface area contributed by atoms with Crippen molar-refractivity contribution in [1.29, 1.82) is 0 Å². The first-order valence-electron chi connectivity index (χ1n) is 4.45. The SMILES string of the molecule is O=[N+]([O-])c1cc(Br)ccc1NC1COC1. The lowest BCUT2D eigenvalue weighted by molar-refractivity contribution is -0.384. The van der Waals surface area contributed by atoms with E-state index in [1.165, 1.54) is 6.07 Å². The van der Waals surface area contributed by atoms with Crippen molar-refractivity contribution in [2.75, 3.05) is 18.5 Å². The maximum atomic E-state index is 10.8. The Balaban J connectivity index is 2.23. The Hall–Kier alpha value is -1.14. The number of anilines is 1. The van der Waals surface area contributed by atoms with Crippen LogP contribution in [0.4, 0.5) is 11.4 Å². The summed E-state index contributed by atoms with van der Waals surface area (Å²) in [5, 5.41) is 13.8. The van der Waals surface area contributed by atoms with Gasteiger partial charge in [-0.2, -0.15) is 0 Å². The van der Waals surface area contributed by atoms with Gasteiger partial charge in [0.2, 0.25) is 0 Å². The number of hydrogen-bond acceptors (Lipinski definition) is 4. The minimum Gasteiger partial charge on any atom is -0.377 e. The van der Waals surface area contributed by atoms with Gasteiger partial charge in [0.25, 0.3) is 5.69 Å². The number of rotatable bonds is 3. The maximum absolute atomic E-state index is 10.8. The van der Waals surface area contributed by atoms with Crippen molar-refractivity contribution in [3.05, 3.63) is 32.8 Å². The van der Waals surface area contributed by atoms with Gasteiger partial charge in [-0.3, -0.25) is 10.1 Å². The Morgan fingerprint density at radius 2 is 2.27 bits per heavy atom. The van der Waals surface area contributed by atoms with Crippen molar-refractivity contribution in [2.45, 2.75) is 6.04 Å². The molecule has 0 spiro atoms. The Kier molecular flexibility index (Phi) is 2.88. The number of hydrogen-bond donors (Lipinski definition) is 1. The molecular formula is C9H9BrN2O3. The molecule has 1 aliphatic rings. The van der Waals surface area contributed by atoms with Gasteiger partial charge in [0.1, 0.15) is 5.69 Å². The van der Waals surface area contributed by atoms with Crippen molar-refractivity contribution >= 4 is 27.3 Å².